The molecule has 260 valence electrons. The van der Waals surface area contributed by atoms with E-state index in [1.54, 1.807) is 62.4 Å². The van der Waals surface area contributed by atoms with Crippen LogP contribution in [0.15, 0.2) is 72.1 Å². The number of carbonyl (C=O) groups is 6. The van der Waals surface area contributed by atoms with E-state index in [0.29, 0.717) is 5.56 Å². The van der Waals surface area contributed by atoms with Crippen molar-refractivity contribution in [1.82, 2.24) is 21.3 Å². The first-order valence-electron chi connectivity index (χ1n) is 14.8. The predicted molar refractivity (Wildman–Crippen MR) is 173 cm³/mol. The second-order valence-corrected chi connectivity index (χ2v) is 13.1. The van der Waals surface area contributed by atoms with Crippen molar-refractivity contribution in [2.45, 2.75) is 63.9 Å². The SMILES string of the molecule is CC(C)[C@H](NC(=O)[C@@H](NC(=O)[C@H](CC(=O)O)NC(=O)OCc1ccccc1)c1ccccc1)C(=O)N[C@H](/C=C/S(C)(=O)=O)CCC(=O)O. The molecule has 0 aliphatic heterocycles. The van der Waals surface area contributed by atoms with E-state index >= 15 is 0 Å². The summed E-state index contributed by atoms with van der Waals surface area (Å²) in [4.78, 5) is 75.5. The molecule has 0 spiro atoms. The Kier molecular flexibility index (Phi) is 15.2. The van der Waals surface area contributed by atoms with Gasteiger partial charge in [0.25, 0.3) is 0 Å². The average Bonchev–Trinajstić information content (AvgIpc) is 3.02. The summed E-state index contributed by atoms with van der Waals surface area (Å²) in [6, 6.07) is 11.1. The summed E-state index contributed by atoms with van der Waals surface area (Å²) < 4.78 is 28.4. The molecule has 4 atom stereocenters. The molecule has 15 nitrogen and oxygen atoms in total. The number of amides is 4. The Morgan fingerprint density at radius 1 is 0.792 bits per heavy atom. The smallest absolute Gasteiger partial charge is 0.408 e. The van der Waals surface area contributed by atoms with Crippen molar-refractivity contribution in [3.8, 4) is 0 Å². The minimum absolute atomic E-state index is 0.139. The first-order valence-corrected chi connectivity index (χ1v) is 16.8. The zero-order chi connectivity index (χ0) is 35.9. The van der Waals surface area contributed by atoms with E-state index in [2.05, 4.69) is 21.3 Å². The molecule has 0 fully saturated rings. The molecule has 0 unspecified atom stereocenters. The van der Waals surface area contributed by atoms with Crippen LogP contribution in [0.5, 0.6) is 0 Å². The Balaban J connectivity index is 2.27. The highest BCUT2D eigenvalue weighted by atomic mass is 32.2. The van der Waals surface area contributed by atoms with Crippen LogP contribution in [0.2, 0.25) is 0 Å². The number of carbonyl (C=O) groups excluding carboxylic acids is 4. The minimum Gasteiger partial charge on any atom is -0.481 e. The molecule has 2 rings (SSSR count). The highest BCUT2D eigenvalue weighted by Crippen LogP contribution is 2.16. The first kappa shape index (κ1) is 38.9. The lowest BCUT2D eigenvalue weighted by Crippen LogP contribution is -2.55. The van der Waals surface area contributed by atoms with Crippen LogP contribution < -0.4 is 21.3 Å². The maximum absolute atomic E-state index is 13.7. The molecule has 0 heterocycles. The van der Waals surface area contributed by atoms with Gasteiger partial charge in [-0.05, 0) is 23.5 Å². The zero-order valence-corrected chi connectivity index (χ0v) is 27.4. The van der Waals surface area contributed by atoms with Crippen LogP contribution in [0.25, 0.3) is 0 Å². The summed E-state index contributed by atoms with van der Waals surface area (Å²) in [6.45, 7) is 3.09. The lowest BCUT2D eigenvalue weighted by molar-refractivity contribution is -0.140. The second kappa shape index (κ2) is 18.8. The summed E-state index contributed by atoms with van der Waals surface area (Å²) in [7, 11) is -3.60. The topological polar surface area (TPSA) is 234 Å². The maximum atomic E-state index is 13.7. The predicted octanol–water partition coefficient (Wildman–Crippen LogP) is 1.66. The lowest BCUT2D eigenvalue weighted by atomic mass is 10.00. The Morgan fingerprint density at radius 3 is 1.94 bits per heavy atom. The molecule has 0 bridgehead atoms. The Bertz CT molecular complexity index is 1560. The zero-order valence-electron chi connectivity index (χ0n) is 26.6. The molecular weight excluding hydrogens is 648 g/mol. The Labute approximate surface area is 278 Å². The van der Waals surface area contributed by atoms with E-state index in [-0.39, 0.29) is 25.0 Å². The fraction of sp³-hybridized carbons (Fsp3) is 0.375. The minimum atomic E-state index is -3.60. The molecule has 0 aliphatic carbocycles. The van der Waals surface area contributed by atoms with Crippen LogP contribution in [0, 0.1) is 5.92 Å². The highest BCUT2D eigenvalue weighted by Gasteiger charge is 2.33. The number of nitrogens with one attached hydrogen (secondary N) is 4. The van der Waals surface area contributed by atoms with Gasteiger partial charge >= 0.3 is 18.0 Å². The number of hydrogen-bond acceptors (Lipinski definition) is 9. The monoisotopic (exact) mass is 688 g/mol. The number of aliphatic carboxylic acids is 2. The van der Waals surface area contributed by atoms with Crippen molar-refractivity contribution in [1.29, 1.82) is 0 Å². The molecule has 16 heteroatoms. The van der Waals surface area contributed by atoms with Crippen molar-refractivity contribution >= 4 is 45.6 Å². The van der Waals surface area contributed by atoms with E-state index in [9.17, 15) is 42.3 Å². The van der Waals surface area contributed by atoms with Crippen LogP contribution in [-0.4, -0.2) is 78.8 Å². The highest BCUT2D eigenvalue weighted by molar-refractivity contribution is 7.93. The fourth-order valence-corrected chi connectivity index (χ4v) is 4.73. The summed E-state index contributed by atoms with van der Waals surface area (Å²) >= 11 is 0. The van der Waals surface area contributed by atoms with Crippen LogP contribution >= 0.6 is 0 Å². The van der Waals surface area contributed by atoms with E-state index in [1.165, 1.54) is 12.1 Å². The van der Waals surface area contributed by atoms with Gasteiger partial charge in [0.2, 0.25) is 17.7 Å². The third-order valence-electron chi connectivity index (χ3n) is 6.68. The van der Waals surface area contributed by atoms with Crippen molar-refractivity contribution in [2.24, 2.45) is 5.92 Å². The molecular formula is C32H40N4O11S. The van der Waals surface area contributed by atoms with Gasteiger partial charge in [-0.3, -0.25) is 24.0 Å². The van der Waals surface area contributed by atoms with Crippen molar-refractivity contribution in [3.05, 3.63) is 83.3 Å². The number of rotatable bonds is 18. The molecule has 0 aromatic heterocycles. The van der Waals surface area contributed by atoms with E-state index in [4.69, 9.17) is 9.84 Å². The number of carboxylic acid groups (broad SMARTS) is 2. The normalized spacial score (nSPS) is 13.8. The van der Waals surface area contributed by atoms with Gasteiger partial charge in [-0.1, -0.05) is 80.6 Å². The molecule has 4 amide bonds. The maximum Gasteiger partial charge on any atom is 0.408 e. The van der Waals surface area contributed by atoms with Crippen LogP contribution in [0.4, 0.5) is 4.79 Å². The number of carboxylic acids is 2. The summed E-state index contributed by atoms with van der Waals surface area (Å²) in [6.07, 6.45) is -0.363. The van der Waals surface area contributed by atoms with E-state index in [1.807, 2.05) is 0 Å². The quantitative estimate of drug-likeness (QED) is 0.132. The van der Waals surface area contributed by atoms with E-state index in [0.717, 1.165) is 17.7 Å². The van der Waals surface area contributed by atoms with Crippen molar-refractivity contribution < 1.29 is 52.1 Å². The largest absolute Gasteiger partial charge is 0.481 e. The second-order valence-electron chi connectivity index (χ2n) is 11.1. The molecule has 6 N–H and O–H groups in total. The molecule has 48 heavy (non-hydrogen) atoms. The van der Waals surface area contributed by atoms with Gasteiger partial charge in [-0.15, -0.1) is 0 Å². The van der Waals surface area contributed by atoms with Crippen LogP contribution in [-0.2, 0) is 45.2 Å². The number of sulfone groups is 1. The number of hydrogen-bond donors (Lipinski definition) is 6. The van der Waals surface area contributed by atoms with Crippen molar-refractivity contribution in [3.63, 3.8) is 0 Å². The van der Waals surface area contributed by atoms with Gasteiger partial charge in [0.15, 0.2) is 9.84 Å². The van der Waals surface area contributed by atoms with Crippen LogP contribution in [0.1, 0.15) is 50.3 Å². The molecule has 0 radical (unpaired) electrons. The molecule has 2 aromatic rings. The third kappa shape index (κ3) is 14.5. The van der Waals surface area contributed by atoms with Crippen LogP contribution in [0.3, 0.4) is 0 Å². The Morgan fingerprint density at radius 2 is 1.40 bits per heavy atom. The van der Waals surface area contributed by atoms with Gasteiger partial charge in [0.1, 0.15) is 24.7 Å². The molecule has 0 saturated heterocycles. The molecule has 0 aliphatic rings. The molecule has 2 aromatic carbocycles. The number of alkyl carbamates (subject to hydrolysis) is 1. The van der Waals surface area contributed by atoms with Gasteiger partial charge < -0.3 is 36.2 Å². The third-order valence-corrected chi connectivity index (χ3v) is 7.34. The first-order chi connectivity index (χ1) is 22.6. The summed E-state index contributed by atoms with van der Waals surface area (Å²) in [5.74, 6) is -5.77. The Hall–Kier alpha value is -5.25. The lowest BCUT2D eigenvalue weighted by Gasteiger charge is -2.27. The van der Waals surface area contributed by atoms with Gasteiger partial charge in [0.05, 0.1) is 6.42 Å². The summed E-state index contributed by atoms with van der Waals surface area (Å²) in [5, 5.41) is 29.1. The van der Waals surface area contributed by atoms with Gasteiger partial charge in [-0.2, -0.15) is 0 Å². The average molecular weight is 689 g/mol. The molecule has 0 saturated carbocycles. The van der Waals surface area contributed by atoms with Gasteiger partial charge in [-0.25, -0.2) is 13.2 Å². The number of benzene rings is 2. The fourth-order valence-electron chi connectivity index (χ4n) is 4.26. The summed E-state index contributed by atoms with van der Waals surface area (Å²) in [5.41, 5.74) is 0.915. The number of ether oxygens (including phenoxy) is 1. The van der Waals surface area contributed by atoms with E-state index < -0.39 is 82.1 Å². The van der Waals surface area contributed by atoms with Crippen molar-refractivity contribution in [2.75, 3.05) is 6.26 Å². The van der Waals surface area contributed by atoms with Gasteiger partial charge in [0, 0.05) is 24.1 Å². The standard InChI is InChI=1S/C32H40N4O11S/c1-20(2)27(30(42)33-23(14-15-25(37)38)16-17-48(3,45)46)35-31(43)28(22-12-8-5-9-13-22)36-29(41)24(18-26(39)40)34-32(44)47-19-21-10-6-4-7-11-21/h4-13,16-17,20,23-24,27-28H,14-15,18-19H2,1-3H3,(H,33,42)(H,34,44)(H,35,43)(H,36,41)(H,37,38)(H,39,40)/b17-16+/t23-,24-,27-,28-/m0/s1.